The number of nitrogens with zero attached hydrogens (tertiary/aromatic N) is 2. The second kappa shape index (κ2) is 8.04. The van der Waals surface area contributed by atoms with Crippen molar-refractivity contribution < 1.29 is 14.3 Å². The summed E-state index contributed by atoms with van der Waals surface area (Å²) in [6.45, 7) is 4.74. The zero-order chi connectivity index (χ0) is 21.9. The minimum Gasteiger partial charge on any atom is -0.478 e. The largest absolute Gasteiger partial charge is 0.478 e. The molecule has 2 aromatic carbocycles. The summed E-state index contributed by atoms with van der Waals surface area (Å²) >= 11 is 12.4. The first-order chi connectivity index (χ1) is 14.8. The van der Waals surface area contributed by atoms with Crippen LogP contribution in [0.5, 0.6) is 0 Å². The Balaban J connectivity index is 1.31. The Morgan fingerprint density at radius 2 is 1.84 bits per heavy atom. The van der Waals surface area contributed by atoms with Gasteiger partial charge in [0.15, 0.2) is 0 Å². The predicted octanol–water partition coefficient (Wildman–Crippen LogP) is 5.73. The molecule has 1 aliphatic carbocycles. The number of halogens is 3. The number of likely N-dealkylation sites (tertiary alicyclic amines) is 2. The van der Waals surface area contributed by atoms with Crippen molar-refractivity contribution in [2.24, 2.45) is 0 Å². The molecule has 0 unspecified atom stereocenters. The van der Waals surface area contributed by atoms with E-state index in [0.717, 1.165) is 49.0 Å². The van der Waals surface area contributed by atoms with Crippen LogP contribution in [0.3, 0.4) is 0 Å². The summed E-state index contributed by atoms with van der Waals surface area (Å²) in [4.78, 5) is 16.3. The van der Waals surface area contributed by atoms with E-state index in [1.807, 2.05) is 12.1 Å². The zero-order valence-electron chi connectivity index (χ0n) is 17.3. The summed E-state index contributed by atoms with van der Waals surface area (Å²) in [6.07, 6.45) is 3.20. The molecule has 3 aliphatic rings. The third kappa shape index (κ3) is 4.09. The Hall–Kier alpha value is -1.66. The van der Waals surface area contributed by atoms with Gasteiger partial charge in [0.25, 0.3) is 0 Å². The molecule has 0 amide bonds. The highest BCUT2D eigenvalue weighted by Crippen LogP contribution is 2.44. The number of carbonyl (C=O) groups is 1. The molecular formula is C24H25Cl2FN2O2. The monoisotopic (exact) mass is 462 g/mol. The quantitative estimate of drug-likeness (QED) is 0.595. The number of carboxylic acid groups (broad SMARTS) is 1. The Bertz CT molecular complexity index is 1020. The molecule has 1 saturated carbocycles. The number of hydrogen-bond acceptors (Lipinski definition) is 3. The number of carboxylic acids is 1. The van der Waals surface area contributed by atoms with E-state index < -0.39 is 11.8 Å². The molecule has 3 atom stereocenters. The van der Waals surface area contributed by atoms with Crippen LogP contribution in [0.1, 0.15) is 65.2 Å². The van der Waals surface area contributed by atoms with E-state index in [1.54, 1.807) is 12.1 Å². The van der Waals surface area contributed by atoms with Crippen LogP contribution in [0.25, 0.3) is 0 Å². The molecule has 0 radical (unpaired) electrons. The Kier molecular flexibility index (Phi) is 5.50. The molecule has 2 saturated heterocycles. The van der Waals surface area contributed by atoms with E-state index in [2.05, 4.69) is 16.7 Å². The molecule has 0 spiro atoms. The molecule has 2 heterocycles. The molecule has 2 bridgehead atoms. The second-order valence-corrected chi connectivity index (χ2v) is 10.0. The maximum Gasteiger partial charge on any atom is 0.338 e. The number of fused-ring (bicyclic) bond motifs is 2. The topological polar surface area (TPSA) is 43.8 Å². The van der Waals surface area contributed by atoms with Crippen molar-refractivity contribution in [2.45, 2.75) is 56.8 Å². The summed E-state index contributed by atoms with van der Waals surface area (Å²) in [5, 5.41) is 10.6. The molecule has 2 aromatic rings. The number of hydrogen-bond donors (Lipinski definition) is 1. The Labute approximate surface area is 191 Å². The van der Waals surface area contributed by atoms with Gasteiger partial charge in [-0.3, -0.25) is 9.80 Å². The van der Waals surface area contributed by atoms with Gasteiger partial charge in [-0.2, -0.15) is 0 Å². The van der Waals surface area contributed by atoms with Gasteiger partial charge < -0.3 is 5.11 Å². The van der Waals surface area contributed by atoms with E-state index >= 15 is 0 Å². The molecular weight excluding hydrogens is 438 g/mol. The van der Waals surface area contributed by atoms with E-state index in [4.69, 9.17) is 23.2 Å². The fraction of sp³-hybridized carbons (Fsp3) is 0.458. The summed E-state index contributed by atoms with van der Waals surface area (Å²) in [5.41, 5.74) is 2.87. The lowest BCUT2D eigenvalue weighted by molar-refractivity contribution is 0.0691. The van der Waals surface area contributed by atoms with Gasteiger partial charge in [-0.05, 0) is 79.1 Å². The molecule has 5 rings (SSSR count). The van der Waals surface area contributed by atoms with E-state index in [0.29, 0.717) is 34.6 Å². The molecule has 0 aromatic heterocycles. The van der Waals surface area contributed by atoms with Gasteiger partial charge in [0.05, 0.1) is 5.56 Å². The fourth-order valence-corrected chi connectivity index (χ4v) is 5.92. The minimum absolute atomic E-state index is 0.214. The van der Waals surface area contributed by atoms with Gasteiger partial charge in [0, 0.05) is 47.8 Å². The third-order valence-electron chi connectivity index (χ3n) is 7.11. The first-order valence-corrected chi connectivity index (χ1v) is 11.6. The summed E-state index contributed by atoms with van der Waals surface area (Å²) in [7, 11) is 0. The van der Waals surface area contributed by atoms with Gasteiger partial charge in [-0.25, -0.2) is 9.18 Å². The molecule has 2 aliphatic heterocycles. The number of benzene rings is 2. The molecule has 1 N–H and O–H groups in total. The highest BCUT2D eigenvalue weighted by Gasteiger charge is 2.45. The van der Waals surface area contributed by atoms with Crippen molar-refractivity contribution >= 4 is 29.2 Å². The van der Waals surface area contributed by atoms with Crippen LogP contribution >= 0.6 is 23.2 Å². The fourth-order valence-electron chi connectivity index (χ4n) is 5.38. The molecule has 7 heteroatoms. The van der Waals surface area contributed by atoms with Crippen molar-refractivity contribution in [3.05, 3.63) is 68.4 Å². The van der Waals surface area contributed by atoms with Crippen molar-refractivity contribution in [1.82, 2.24) is 9.80 Å². The van der Waals surface area contributed by atoms with Crippen LogP contribution < -0.4 is 0 Å². The van der Waals surface area contributed by atoms with Crippen LogP contribution in [0.2, 0.25) is 10.0 Å². The Morgan fingerprint density at radius 1 is 1.13 bits per heavy atom. The van der Waals surface area contributed by atoms with Gasteiger partial charge in [-0.1, -0.05) is 23.2 Å². The highest BCUT2D eigenvalue weighted by molar-refractivity contribution is 6.34. The summed E-state index contributed by atoms with van der Waals surface area (Å²) in [6, 6.07) is 9.81. The van der Waals surface area contributed by atoms with Gasteiger partial charge in [0.2, 0.25) is 0 Å². The standard InChI is InChI=1S/C24H25Cl2FN2O2/c1-13(15-4-17(25)7-18(26)5-15)29-12-19-8-20(29)11-28(19)10-16-6-23(27)22(24(30)31)9-21(16)14-2-3-14/h4-7,9,13-14,19-20H,2-3,8,10-12H2,1H3,(H,30,31)/t13-,19+,20+/m1/s1. The maximum atomic E-state index is 14.4. The van der Waals surface area contributed by atoms with E-state index in [9.17, 15) is 14.3 Å². The van der Waals surface area contributed by atoms with E-state index in [1.165, 1.54) is 6.07 Å². The highest BCUT2D eigenvalue weighted by atomic mass is 35.5. The third-order valence-corrected chi connectivity index (χ3v) is 7.55. The van der Waals surface area contributed by atoms with Crippen LogP contribution in [-0.2, 0) is 6.54 Å². The average molecular weight is 463 g/mol. The first-order valence-electron chi connectivity index (χ1n) is 10.8. The van der Waals surface area contributed by atoms with E-state index in [-0.39, 0.29) is 11.6 Å². The van der Waals surface area contributed by atoms with Crippen molar-refractivity contribution in [2.75, 3.05) is 13.1 Å². The minimum atomic E-state index is -1.20. The summed E-state index contributed by atoms with van der Waals surface area (Å²) < 4.78 is 14.4. The number of aromatic carboxylic acids is 1. The number of piperazine rings is 1. The van der Waals surface area contributed by atoms with Crippen LogP contribution in [0.4, 0.5) is 4.39 Å². The molecule has 31 heavy (non-hydrogen) atoms. The van der Waals surface area contributed by atoms with Crippen molar-refractivity contribution in [1.29, 1.82) is 0 Å². The normalized spacial score (nSPS) is 24.6. The lowest BCUT2D eigenvalue weighted by Gasteiger charge is -2.38. The lowest BCUT2D eigenvalue weighted by Crippen LogP contribution is -2.46. The van der Waals surface area contributed by atoms with Crippen LogP contribution in [0, 0.1) is 5.82 Å². The zero-order valence-corrected chi connectivity index (χ0v) is 18.8. The molecule has 4 nitrogen and oxygen atoms in total. The molecule has 164 valence electrons. The van der Waals surface area contributed by atoms with Crippen molar-refractivity contribution in [3.8, 4) is 0 Å². The Morgan fingerprint density at radius 3 is 2.42 bits per heavy atom. The second-order valence-electron chi connectivity index (χ2n) is 9.16. The summed E-state index contributed by atoms with van der Waals surface area (Å²) in [5.74, 6) is -1.46. The average Bonchev–Trinajstić information content (AvgIpc) is 3.36. The van der Waals surface area contributed by atoms with Crippen LogP contribution in [-0.4, -0.2) is 46.0 Å². The SMILES string of the molecule is C[C@H](c1cc(Cl)cc(Cl)c1)N1C[C@@H]2C[C@H]1CN2Cc1cc(F)c(C(=O)O)cc1C1CC1. The first kappa shape index (κ1) is 21.2. The molecule has 3 fully saturated rings. The smallest absolute Gasteiger partial charge is 0.338 e. The van der Waals surface area contributed by atoms with Gasteiger partial charge in [-0.15, -0.1) is 0 Å². The number of rotatable bonds is 6. The van der Waals surface area contributed by atoms with Crippen molar-refractivity contribution in [3.63, 3.8) is 0 Å². The predicted molar refractivity (Wildman–Crippen MR) is 120 cm³/mol. The maximum absolute atomic E-state index is 14.4. The van der Waals surface area contributed by atoms with Gasteiger partial charge in [0.1, 0.15) is 5.82 Å². The lowest BCUT2D eigenvalue weighted by atomic mass is 9.98. The van der Waals surface area contributed by atoms with Crippen LogP contribution in [0.15, 0.2) is 30.3 Å². The van der Waals surface area contributed by atoms with Gasteiger partial charge >= 0.3 is 5.97 Å².